The van der Waals surface area contributed by atoms with Gasteiger partial charge < -0.3 is 10.1 Å². The summed E-state index contributed by atoms with van der Waals surface area (Å²) in [5, 5.41) is 2.70. The van der Waals surface area contributed by atoms with E-state index >= 15 is 0 Å². The fourth-order valence-corrected chi connectivity index (χ4v) is 3.95. The Labute approximate surface area is 175 Å². The molecule has 0 aliphatic rings. The third-order valence-corrected chi connectivity index (χ3v) is 5.75. The number of carbonyl (C=O) groups is 1. The van der Waals surface area contributed by atoms with Gasteiger partial charge >= 0.3 is 0 Å². The fourth-order valence-electron chi connectivity index (χ4n) is 2.72. The summed E-state index contributed by atoms with van der Waals surface area (Å²) in [6.45, 7) is 1.97. The van der Waals surface area contributed by atoms with Gasteiger partial charge in [-0.1, -0.05) is 30.3 Å². The van der Waals surface area contributed by atoms with E-state index in [1.165, 1.54) is 43.8 Å². The summed E-state index contributed by atoms with van der Waals surface area (Å²) in [4.78, 5) is 21.0. The van der Waals surface area contributed by atoms with Crippen LogP contribution in [0.1, 0.15) is 17.3 Å². The van der Waals surface area contributed by atoms with Crippen LogP contribution in [0.3, 0.4) is 0 Å². The number of nitrogens with zero attached hydrogens (tertiary/aromatic N) is 2. The SMILES string of the molecule is COCC(C)NS(=O)(=O)c1ccc(NC(=O)c2cnc(-c3ccccc3)nc2)cc1. The van der Waals surface area contributed by atoms with Crippen molar-refractivity contribution in [3.63, 3.8) is 0 Å². The highest BCUT2D eigenvalue weighted by molar-refractivity contribution is 7.89. The van der Waals surface area contributed by atoms with Crippen LogP contribution in [-0.4, -0.2) is 44.1 Å². The van der Waals surface area contributed by atoms with Crippen molar-refractivity contribution in [3.05, 3.63) is 72.6 Å². The maximum atomic E-state index is 12.4. The number of ether oxygens (including phenoxy) is 1. The molecule has 8 nitrogen and oxygen atoms in total. The Kier molecular flexibility index (Phi) is 6.88. The van der Waals surface area contributed by atoms with E-state index in [1.54, 1.807) is 6.92 Å². The molecule has 156 valence electrons. The van der Waals surface area contributed by atoms with Crippen LogP contribution in [0, 0.1) is 0 Å². The van der Waals surface area contributed by atoms with Crippen LogP contribution >= 0.6 is 0 Å². The van der Waals surface area contributed by atoms with Crippen LogP contribution in [0.5, 0.6) is 0 Å². The molecular formula is C21H22N4O4S. The Morgan fingerprint density at radius 1 is 1.03 bits per heavy atom. The second kappa shape index (κ2) is 9.57. The molecule has 0 aliphatic carbocycles. The molecule has 0 bridgehead atoms. The van der Waals surface area contributed by atoms with Crippen LogP contribution in [-0.2, 0) is 14.8 Å². The molecule has 3 rings (SSSR count). The van der Waals surface area contributed by atoms with Crippen LogP contribution in [0.25, 0.3) is 11.4 Å². The van der Waals surface area contributed by atoms with Crippen LogP contribution in [0.15, 0.2) is 71.9 Å². The van der Waals surface area contributed by atoms with E-state index < -0.39 is 15.9 Å². The zero-order chi connectivity index (χ0) is 21.6. The molecule has 2 aromatic carbocycles. The number of carbonyl (C=O) groups excluding carboxylic acids is 1. The fraction of sp³-hybridized carbons (Fsp3) is 0.190. The second-order valence-electron chi connectivity index (χ2n) is 6.62. The lowest BCUT2D eigenvalue weighted by atomic mass is 10.2. The lowest BCUT2D eigenvalue weighted by Crippen LogP contribution is -2.35. The van der Waals surface area contributed by atoms with E-state index in [2.05, 4.69) is 20.0 Å². The van der Waals surface area contributed by atoms with E-state index in [0.29, 0.717) is 17.1 Å². The smallest absolute Gasteiger partial charge is 0.258 e. The first-order valence-electron chi connectivity index (χ1n) is 9.19. The molecule has 1 heterocycles. The molecule has 1 unspecified atom stereocenters. The molecule has 0 spiro atoms. The van der Waals surface area contributed by atoms with Gasteiger partial charge in [-0.3, -0.25) is 4.79 Å². The first-order valence-corrected chi connectivity index (χ1v) is 10.7. The Morgan fingerprint density at radius 2 is 1.67 bits per heavy atom. The van der Waals surface area contributed by atoms with Crippen LogP contribution in [0.4, 0.5) is 5.69 Å². The monoisotopic (exact) mass is 426 g/mol. The predicted molar refractivity (Wildman–Crippen MR) is 114 cm³/mol. The van der Waals surface area contributed by atoms with Crippen molar-refractivity contribution in [3.8, 4) is 11.4 Å². The van der Waals surface area contributed by atoms with Gasteiger partial charge in [0.25, 0.3) is 5.91 Å². The Hall–Kier alpha value is -3.14. The molecule has 1 atom stereocenters. The average Bonchev–Trinajstić information content (AvgIpc) is 2.74. The molecule has 9 heteroatoms. The van der Waals surface area contributed by atoms with Gasteiger partial charge in [0.15, 0.2) is 5.82 Å². The van der Waals surface area contributed by atoms with Gasteiger partial charge in [0.2, 0.25) is 10.0 Å². The van der Waals surface area contributed by atoms with Gasteiger partial charge in [-0.25, -0.2) is 23.1 Å². The number of hydrogen-bond donors (Lipinski definition) is 2. The predicted octanol–water partition coefficient (Wildman–Crippen LogP) is 2.71. The minimum Gasteiger partial charge on any atom is -0.383 e. The maximum Gasteiger partial charge on any atom is 0.258 e. The van der Waals surface area contributed by atoms with Crippen molar-refractivity contribution in [2.45, 2.75) is 17.9 Å². The first kappa shape index (κ1) is 21.6. The quantitative estimate of drug-likeness (QED) is 0.573. The van der Waals surface area contributed by atoms with E-state index in [9.17, 15) is 13.2 Å². The van der Waals surface area contributed by atoms with Gasteiger partial charge in [0.05, 0.1) is 17.1 Å². The minimum absolute atomic E-state index is 0.0963. The zero-order valence-electron chi connectivity index (χ0n) is 16.6. The van der Waals surface area contributed by atoms with Crippen LogP contribution < -0.4 is 10.0 Å². The molecule has 0 fully saturated rings. The summed E-state index contributed by atoms with van der Waals surface area (Å²) in [5.41, 5.74) is 1.60. The number of hydrogen-bond acceptors (Lipinski definition) is 6. The summed E-state index contributed by atoms with van der Waals surface area (Å²) in [6.07, 6.45) is 2.90. The van der Waals surface area contributed by atoms with Gasteiger partial charge in [0.1, 0.15) is 0 Å². The Morgan fingerprint density at radius 3 is 2.27 bits per heavy atom. The van der Waals surface area contributed by atoms with Crippen molar-refractivity contribution in [1.29, 1.82) is 0 Å². The standard InChI is InChI=1S/C21H22N4O4S/c1-15(14-29-2)25-30(27,28)19-10-8-18(9-11-19)24-21(26)17-12-22-20(23-13-17)16-6-4-3-5-7-16/h3-13,15,25H,14H2,1-2H3,(H,24,26). The highest BCUT2D eigenvalue weighted by Gasteiger charge is 2.17. The summed E-state index contributed by atoms with van der Waals surface area (Å²) in [5.74, 6) is 0.133. The molecule has 0 aliphatic heterocycles. The van der Waals surface area contributed by atoms with E-state index in [0.717, 1.165) is 5.56 Å². The minimum atomic E-state index is -3.67. The average molecular weight is 426 g/mol. The Bertz CT molecular complexity index is 1090. The molecular weight excluding hydrogens is 404 g/mol. The lowest BCUT2D eigenvalue weighted by molar-refractivity contribution is 0.102. The molecule has 30 heavy (non-hydrogen) atoms. The molecule has 0 saturated carbocycles. The normalized spacial score (nSPS) is 12.3. The summed E-state index contributed by atoms with van der Waals surface area (Å²) in [6, 6.07) is 15.0. The molecule has 3 aromatic rings. The van der Waals surface area contributed by atoms with Gasteiger partial charge in [-0.05, 0) is 31.2 Å². The van der Waals surface area contributed by atoms with E-state index in [-0.39, 0.29) is 17.5 Å². The molecule has 0 saturated heterocycles. The summed E-state index contributed by atoms with van der Waals surface area (Å²) >= 11 is 0. The second-order valence-corrected chi connectivity index (χ2v) is 8.33. The molecule has 1 amide bonds. The maximum absolute atomic E-state index is 12.4. The van der Waals surface area contributed by atoms with Gasteiger partial charge in [-0.2, -0.15) is 0 Å². The lowest BCUT2D eigenvalue weighted by Gasteiger charge is -2.13. The number of methoxy groups -OCH3 is 1. The largest absolute Gasteiger partial charge is 0.383 e. The van der Waals surface area contributed by atoms with Crippen molar-refractivity contribution in [2.24, 2.45) is 0 Å². The molecule has 1 aromatic heterocycles. The number of benzene rings is 2. The third kappa shape index (κ3) is 5.47. The summed E-state index contributed by atoms with van der Waals surface area (Å²) in [7, 11) is -2.17. The highest BCUT2D eigenvalue weighted by atomic mass is 32.2. The van der Waals surface area contributed by atoms with Crippen molar-refractivity contribution >= 4 is 21.6 Å². The molecule has 2 N–H and O–H groups in total. The van der Waals surface area contributed by atoms with Crippen molar-refractivity contribution in [2.75, 3.05) is 19.0 Å². The number of aromatic nitrogens is 2. The highest BCUT2D eigenvalue weighted by Crippen LogP contribution is 2.16. The van der Waals surface area contributed by atoms with Crippen molar-refractivity contribution < 1.29 is 17.9 Å². The van der Waals surface area contributed by atoms with Crippen molar-refractivity contribution in [1.82, 2.24) is 14.7 Å². The number of amides is 1. The summed E-state index contributed by atoms with van der Waals surface area (Å²) < 4.78 is 32.2. The van der Waals surface area contributed by atoms with Gasteiger partial charge in [-0.15, -0.1) is 0 Å². The number of sulfonamides is 1. The van der Waals surface area contributed by atoms with Gasteiger partial charge in [0, 0.05) is 36.8 Å². The van der Waals surface area contributed by atoms with E-state index in [4.69, 9.17) is 4.74 Å². The Balaban J connectivity index is 1.66. The van der Waals surface area contributed by atoms with E-state index in [1.807, 2.05) is 30.3 Å². The third-order valence-electron chi connectivity index (χ3n) is 4.14. The first-order chi connectivity index (χ1) is 14.4. The number of nitrogens with one attached hydrogen (secondary N) is 2. The van der Waals surface area contributed by atoms with Crippen LogP contribution in [0.2, 0.25) is 0 Å². The molecule has 0 radical (unpaired) electrons. The number of rotatable bonds is 8. The zero-order valence-corrected chi connectivity index (χ0v) is 17.4. The number of anilines is 1. The topological polar surface area (TPSA) is 110 Å².